The molecule has 1 rings (SSSR count). The molecular formula is C7H10F3N. The summed E-state index contributed by atoms with van der Waals surface area (Å²) in [7, 11) is 0. The Hall–Kier alpha value is -0.510. The van der Waals surface area contributed by atoms with Gasteiger partial charge in [0.25, 0.3) is 0 Å². The largest absolute Gasteiger partial charge is 0.395 e. The van der Waals surface area contributed by atoms with Crippen LogP contribution in [0.5, 0.6) is 0 Å². The van der Waals surface area contributed by atoms with Crippen molar-refractivity contribution in [1.29, 1.82) is 0 Å². The Balaban J connectivity index is 2.62. The summed E-state index contributed by atoms with van der Waals surface area (Å²) in [5.74, 6) is -1.29. The van der Waals surface area contributed by atoms with Crippen LogP contribution in [0, 0.1) is 5.92 Å². The zero-order valence-electron chi connectivity index (χ0n) is 6.04. The minimum atomic E-state index is -4.10. The van der Waals surface area contributed by atoms with E-state index in [0.717, 1.165) is 0 Å². The van der Waals surface area contributed by atoms with Crippen molar-refractivity contribution in [3.05, 3.63) is 12.2 Å². The van der Waals surface area contributed by atoms with E-state index in [1.807, 2.05) is 0 Å². The second-order valence-corrected chi connectivity index (χ2v) is 2.72. The van der Waals surface area contributed by atoms with Crippen molar-refractivity contribution in [2.75, 3.05) is 13.1 Å². The fourth-order valence-electron chi connectivity index (χ4n) is 1.22. The molecule has 1 aliphatic heterocycles. The van der Waals surface area contributed by atoms with E-state index in [9.17, 15) is 13.2 Å². The molecule has 0 saturated carbocycles. The predicted octanol–water partition coefficient (Wildman–Crippen LogP) is 1.71. The lowest BCUT2D eigenvalue weighted by Crippen LogP contribution is -2.37. The summed E-state index contributed by atoms with van der Waals surface area (Å²) < 4.78 is 36.3. The molecule has 0 radical (unpaired) electrons. The molecule has 1 N–H and O–H groups in total. The lowest BCUT2D eigenvalue weighted by Gasteiger charge is -2.27. The highest BCUT2D eigenvalue weighted by molar-refractivity contribution is 5.08. The van der Waals surface area contributed by atoms with Gasteiger partial charge in [-0.3, -0.25) is 0 Å². The quantitative estimate of drug-likeness (QED) is 0.539. The van der Waals surface area contributed by atoms with Crippen LogP contribution in [-0.2, 0) is 0 Å². The molecule has 1 saturated heterocycles. The maximum absolute atomic E-state index is 12.1. The Labute approximate surface area is 63.3 Å². The predicted molar refractivity (Wildman–Crippen MR) is 36.2 cm³/mol. The SMILES string of the molecule is C=C1CNCCC1C(F)(F)F. The van der Waals surface area contributed by atoms with Gasteiger partial charge in [0, 0.05) is 6.54 Å². The molecule has 0 spiro atoms. The van der Waals surface area contributed by atoms with Crippen LogP contribution < -0.4 is 5.32 Å². The molecule has 1 unspecified atom stereocenters. The molecule has 1 heterocycles. The standard InChI is InChI=1S/C7H10F3N/c1-5-4-11-3-2-6(5)7(8,9)10/h6,11H,1-4H2. The van der Waals surface area contributed by atoms with Crippen molar-refractivity contribution in [3.63, 3.8) is 0 Å². The summed E-state index contributed by atoms with van der Waals surface area (Å²) in [4.78, 5) is 0. The van der Waals surface area contributed by atoms with Crippen molar-refractivity contribution in [2.24, 2.45) is 5.92 Å². The molecule has 0 aromatic heterocycles. The highest BCUT2D eigenvalue weighted by atomic mass is 19.4. The lowest BCUT2D eigenvalue weighted by molar-refractivity contribution is -0.167. The van der Waals surface area contributed by atoms with Gasteiger partial charge in [0.1, 0.15) is 0 Å². The number of piperidine rings is 1. The molecule has 0 aromatic carbocycles. The van der Waals surface area contributed by atoms with E-state index >= 15 is 0 Å². The first-order valence-corrected chi connectivity index (χ1v) is 3.47. The maximum atomic E-state index is 12.1. The van der Waals surface area contributed by atoms with Gasteiger partial charge in [0.15, 0.2) is 0 Å². The average molecular weight is 165 g/mol. The highest BCUT2D eigenvalue weighted by Crippen LogP contribution is 2.34. The Kier molecular flexibility index (Phi) is 2.23. The molecule has 0 bridgehead atoms. The number of alkyl halides is 3. The zero-order valence-corrected chi connectivity index (χ0v) is 6.04. The topological polar surface area (TPSA) is 12.0 Å². The molecule has 64 valence electrons. The van der Waals surface area contributed by atoms with E-state index in [1.54, 1.807) is 0 Å². The van der Waals surface area contributed by atoms with E-state index in [-0.39, 0.29) is 12.0 Å². The third kappa shape index (κ3) is 1.96. The molecule has 11 heavy (non-hydrogen) atoms. The fraction of sp³-hybridized carbons (Fsp3) is 0.714. The maximum Gasteiger partial charge on any atom is 0.395 e. The molecule has 0 aliphatic carbocycles. The van der Waals surface area contributed by atoms with Gasteiger partial charge in [0.05, 0.1) is 5.92 Å². The first-order valence-electron chi connectivity index (χ1n) is 3.47. The van der Waals surface area contributed by atoms with Crippen molar-refractivity contribution < 1.29 is 13.2 Å². The third-order valence-corrected chi connectivity index (χ3v) is 1.85. The van der Waals surface area contributed by atoms with Crippen molar-refractivity contribution in [1.82, 2.24) is 5.32 Å². The molecule has 1 atom stereocenters. The summed E-state index contributed by atoms with van der Waals surface area (Å²) in [6.07, 6.45) is -3.97. The fourth-order valence-corrected chi connectivity index (χ4v) is 1.22. The number of rotatable bonds is 0. The first-order chi connectivity index (χ1) is 5.02. The van der Waals surface area contributed by atoms with Crippen LogP contribution in [0.3, 0.4) is 0 Å². The van der Waals surface area contributed by atoms with Crippen LogP contribution in [0.4, 0.5) is 13.2 Å². The average Bonchev–Trinajstić information content (AvgIpc) is 1.86. The summed E-state index contributed by atoms with van der Waals surface area (Å²) >= 11 is 0. The molecule has 1 fully saturated rings. The number of halogens is 3. The van der Waals surface area contributed by atoms with Gasteiger partial charge in [-0.25, -0.2) is 0 Å². The van der Waals surface area contributed by atoms with E-state index < -0.39 is 12.1 Å². The van der Waals surface area contributed by atoms with Crippen LogP contribution in [-0.4, -0.2) is 19.3 Å². The van der Waals surface area contributed by atoms with Crippen molar-refractivity contribution in [3.8, 4) is 0 Å². The van der Waals surface area contributed by atoms with Gasteiger partial charge in [-0.05, 0) is 13.0 Å². The van der Waals surface area contributed by atoms with Gasteiger partial charge in [-0.15, -0.1) is 0 Å². The Morgan fingerprint density at radius 1 is 1.45 bits per heavy atom. The molecular weight excluding hydrogens is 155 g/mol. The monoisotopic (exact) mass is 165 g/mol. The molecule has 4 heteroatoms. The van der Waals surface area contributed by atoms with E-state index in [2.05, 4.69) is 11.9 Å². The second kappa shape index (κ2) is 2.85. The zero-order chi connectivity index (χ0) is 8.48. The van der Waals surface area contributed by atoms with Crippen LogP contribution in [0.25, 0.3) is 0 Å². The summed E-state index contributed by atoms with van der Waals surface area (Å²) in [6.45, 7) is 4.11. The molecule has 1 aliphatic rings. The van der Waals surface area contributed by atoms with Crippen LogP contribution in [0.1, 0.15) is 6.42 Å². The van der Waals surface area contributed by atoms with Gasteiger partial charge >= 0.3 is 6.18 Å². The minimum Gasteiger partial charge on any atom is -0.313 e. The Morgan fingerprint density at radius 3 is 2.45 bits per heavy atom. The number of hydrogen-bond donors (Lipinski definition) is 1. The highest BCUT2D eigenvalue weighted by Gasteiger charge is 2.41. The van der Waals surface area contributed by atoms with Gasteiger partial charge in [0.2, 0.25) is 0 Å². The Bertz CT molecular complexity index is 162. The van der Waals surface area contributed by atoms with Gasteiger partial charge in [-0.2, -0.15) is 13.2 Å². The van der Waals surface area contributed by atoms with E-state index in [0.29, 0.717) is 13.1 Å². The summed E-state index contributed by atoms with van der Waals surface area (Å²) in [5.41, 5.74) is 0.253. The second-order valence-electron chi connectivity index (χ2n) is 2.72. The number of hydrogen-bond acceptors (Lipinski definition) is 1. The first kappa shape index (κ1) is 8.59. The molecule has 0 aromatic rings. The van der Waals surface area contributed by atoms with Crippen LogP contribution >= 0.6 is 0 Å². The van der Waals surface area contributed by atoms with Gasteiger partial charge in [-0.1, -0.05) is 12.2 Å². The summed E-state index contributed by atoms with van der Waals surface area (Å²) in [5, 5.41) is 2.84. The molecule has 0 amide bonds. The normalized spacial score (nSPS) is 27.2. The minimum absolute atomic E-state index is 0.127. The Morgan fingerprint density at radius 2 is 2.09 bits per heavy atom. The van der Waals surface area contributed by atoms with E-state index in [1.165, 1.54) is 0 Å². The van der Waals surface area contributed by atoms with Crippen molar-refractivity contribution >= 4 is 0 Å². The lowest BCUT2D eigenvalue weighted by atomic mass is 9.93. The van der Waals surface area contributed by atoms with Crippen LogP contribution in [0.15, 0.2) is 12.2 Å². The smallest absolute Gasteiger partial charge is 0.313 e. The van der Waals surface area contributed by atoms with Crippen molar-refractivity contribution in [2.45, 2.75) is 12.6 Å². The summed E-state index contributed by atoms with van der Waals surface area (Å²) in [6, 6.07) is 0. The van der Waals surface area contributed by atoms with E-state index in [4.69, 9.17) is 0 Å². The van der Waals surface area contributed by atoms with Crippen LogP contribution in [0.2, 0.25) is 0 Å². The van der Waals surface area contributed by atoms with Gasteiger partial charge < -0.3 is 5.32 Å². The molecule has 1 nitrogen and oxygen atoms in total. The third-order valence-electron chi connectivity index (χ3n) is 1.85. The number of nitrogens with one attached hydrogen (secondary N) is 1.